The molecule has 7 nitrogen and oxygen atoms in total. The molecule has 2 heterocycles. The molecule has 1 unspecified atom stereocenters. The first-order valence-electron chi connectivity index (χ1n) is 7.44. The van der Waals surface area contributed by atoms with Gasteiger partial charge in [0.25, 0.3) is 5.56 Å². The predicted octanol–water partition coefficient (Wildman–Crippen LogP) is 1.30. The Morgan fingerprint density at radius 2 is 2.12 bits per heavy atom. The Morgan fingerprint density at radius 3 is 2.79 bits per heavy atom. The second-order valence-electron chi connectivity index (χ2n) is 6.19. The number of aromatic nitrogens is 2. The lowest BCUT2D eigenvalue weighted by Crippen LogP contribution is -2.50. The van der Waals surface area contributed by atoms with Gasteiger partial charge in [-0.15, -0.1) is 5.10 Å². The highest BCUT2D eigenvalue weighted by Gasteiger charge is 2.44. The van der Waals surface area contributed by atoms with Crippen molar-refractivity contribution < 1.29 is 14.6 Å². The third kappa shape index (κ3) is 2.72. The molecule has 1 aromatic heterocycles. The monoisotopic (exact) mass is 327 g/mol. The van der Waals surface area contributed by atoms with Crippen LogP contribution >= 0.6 is 0 Å². The molecule has 24 heavy (non-hydrogen) atoms. The van der Waals surface area contributed by atoms with Crippen LogP contribution in [0.1, 0.15) is 31.1 Å². The number of aliphatic hydroxyl groups excluding tert-OH is 1. The lowest BCUT2D eigenvalue weighted by atomic mass is 9.88. The number of aryl methyl sites for hydroxylation is 1. The summed E-state index contributed by atoms with van der Waals surface area (Å²) in [6, 6.07) is 9.81. The van der Waals surface area contributed by atoms with E-state index < -0.39 is 17.8 Å². The van der Waals surface area contributed by atoms with Crippen molar-refractivity contribution in [3.63, 3.8) is 0 Å². The average Bonchev–Trinajstić information content (AvgIpc) is 2.54. The zero-order chi connectivity index (χ0) is 17.5. The molecule has 7 heteroatoms. The van der Waals surface area contributed by atoms with Gasteiger partial charge >= 0.3 is 0 Å². The van der Waals surface area contributed by atoms with Crippen molar-refractivity contribution in [3.8, 4) is 17.7 Å². The number of nitriles is 1. The molecule has 1 aliphatic heterocycles. The summed E-state index contributed by atoms with van der Waals surface area (Å²) < 4.78 is 12.8. The van der Waals surface area contributed by atoms with Gasteiger partial charge in [-0.2, -0.15) is 5.26 Å². The number of fused-ring (bicyclic) bond motifs is 1. The van der Waals surface area contributed by atoms with Gasteiger partial charge in [0.1, 0.15) is 17.5 Å². The smallest absolute Gasteiger partial charge is 0.266 e. The average molecular weight is 327 g/mol. The summed E-state index contributed by atoms with van der Waals surface area (Å²) in [6.45, 7) is 3.51. The first kappa shape index (κ1) is 16.0. The Morgan fingerprint density at radius 1 is 1.38 bits per heavy atom. The van der Waals surface area contributed by atoms with Crippen LogP contribution in [0.2, 0.25) is 0 Å². The molecule has 0 aliphatic carbocycles. The Bertz CT molecular complexity index is 882. The van der Waals surface area contributed by atoms with Crippen LogP contribution < -0.4 is 15.0 Å². The van der Waals surface area contributed by atoms with Gasteiger partial charge in [0.05, 0.1) is 11.6 Å². The van der Waals surface area contributed by atoms with Gasteiger partial charge in [-0.3, -0.25) is 4.79 Å². The van der Waals surface area contributed by atoms with E-state index in [1.54, 1.807) is 32.0 Å². The molecule has 2 atom stereocenters. The fourth-order valence-corrected chi connectivity index (χ4v) is 2.61. The van der Waals surface area contributed by atoms with Crippen molar-refractivity contribution >= 4 is 0 Å². The third-order valence-electron chi connectivity index (χ3n) is 4.00. The maximum Gasteiger partial charge on any atom is 0.266 e. The van der Waals surface area contributed by atoms with E-state index in [0.29, 0.717) is 16.9 Å². The number of hydrogen-bond donors (Lipinski definition) is 1. The predicted molar refractivity (Wildman–Crippen MR) is 84.7 cm³/mol. The van der Waals surface area contributed by atoms with E-state index >= 15 is 0 Å². The van der Waals surface area contributed by atoms with E-state index in [0.717, 1.165) is 4.68 Å². The van der Waals surface area contributed by atoms with E-state index in [2.05, 4.69) is 11.2 Å². The molecule has 0 saturated carbocycles. The van der Waals surface area contributed by atoms with E-state index in [-0.39, 0.29) is 11.4 Å². The fourth-order valence-electron chi connectivity index (χ4n) is 2.61. The van der Waals surface area contributed by atoms with E-state index in [4.69, 9.17) is 14.7 Å². The molecule has 124 valence electrons. The van der Waals surface area contributed by atoms with Crippen LogP contribution in [0.4, 0.5) is 0 Å². The summed E-state index contributed by atoms with van der Waals surface area (Å²) in [5.74, 6) is 0.742. The minimum atomic E-state index is -0.988. The standard InChI is InChI=1S/C17H17N3O4/c1-17(2)16(22)15(23-13-6-7-14(21)20(3)19-13)11-8-10(9-18)4-5-12(11)24-17/h4-8,15-16,22H,1-3H3/t15?,16-/m1/s1. The molecule has 0 fully saturated rings. The quantitative estimate of drug-likeness (QED) is 0.893. The highest BCUT2D eigenvalue weighted by molar-refractivity contribution is 5.46. The zero-order valence-electron chi connectivity index (χ0n) is 13.6. The number of aliphatic hydroxyl groups is 1. The van der Waals surface area contributed by atoms with Crippen LogP contribution in [0.3, 0.4) is 0 Å². The van der Waals surface area contributed by atoms with Gasteiger partial charge in [0, 0.05) is 24.7 Å². The van der Waals surface area contributed by atoms with Crippen molar-refractivity contribution in [1.29, 1.82) is 5.26 Å². The highest BCUT2D eigenvalue weighted by atomic mass is 16.5. The summed E-state index contributed by atoms with van der Waals surface area (Å²) in [5.41, 5.74) is -0.142. The molecule has 1 aromatic carbocycles. The van der Waals surface area contributed by atoms with E-state index in [1.807, 2.05) is 0 Å². The van der Waals surface area contributed by atoms with Crippen molar-refractivity contribution in [1.82, 2.24) is 9.78 Å². The van der Waals surface area contributed by atoms with Crippen LogP contribution in [0.25, 0.3) is 0 Å². The molecule has 0 saturated heterocycles. The number of nitrogens with zero attached hydrogens (tertiary/aromatic N) is 3. The van der Waals surface area contributed by atoms with Crippen LogP contribution in [-0.4, -0.2) is 26.6 Å². The Hall–Kier alpha value is -2.85. The minimum absolute atomic E-state index is 0.201. The summed E-state index contributed by atoms with van der Waals surface area (Å²) in [6.07, 6.45) is -1.76. The summed E-state index contributed by atoms with van der Waals surface area (Å²) in [7, 11) is 1.52. The van der Waals surface area contributed by atoms with Gasteiger partial charge in [-0.1, -0.05) is 0 Å². The van der Waals surface area contributed by atoms with E-state index in [9.17, 15) is 9.90 Å². The van der Waals surface area contributed by atoms with Crippen LogP contribution in [-0.2, 0) is 7.05 Å². The topological polar surface area (TPSA) is 97.4 Å². The fraction of sp³-hybridized carbons (Fsp3) is 0.353. The third-order valence-corrected chi connectivity index (χ3v) is 4.00. The van der Waals surface area contributed by atoms with Gasteiger partial charge in [0.15, 0.2) is 6.10 Å². The molecule has 2 aromatic rings. The lowest BCUT2D eigenvalue weighted by molar-refractivity contribution is -0.104. The first-order chi connectivity index (χ1) is 11.3. The molecule has 0 spiro atoms. The Kier molecular flexibility index (Phi) is 3.78. The van der Waals surface area contributed by atoms with Gasteiger partial charge in [0.2, 0.25) is 5.88 Å². The van der Waals surface area contributed by atoms with Crippen molar-refractivity contribution in [2.24, 2.45) is 7.05 Å². The molecule has 0 radical (unpaired) electrons. The minimum Gasteiger partial charge on any atom is -0.485 e. The molecular formula is C17H17N3O4. The molecule has 3 rings (SSSR count). The van der Waals surface area contributed by atoms with Gasteiger partial charge in [-0.25, -0.2) is 4.68 Å². The number of rotatable bonds is 2. The summed E-state index contributed by atoms with van der Waals surface area (Å²) >= 11 is 0. The Balaban J connectivity index is 2.06. The number of hydrogen-bond acceptors (Lipinski definition) is 6. The van der Waals surface area contributed by atoms with Gasteiger partial charge < -0.3 is 14.6 Å². The van der Waals surface area contributed by atoms with Crippen molar-refractivity contribution in [2.45, 2.75) is 31.7 Å². The second kappa shape index (κ2) is 5.65. The summed E-state index contributed by atoms with van der Waals surface area (Å²) in [5, 5.41) is 23.8. The highest BCUT2D eigenvalue weighted by Crippen LogP contribution is 2.42. The maximum absolute atomic E-state index is 11.5. The molecule has 0 amide bonds. The first-order valence-corrected chi connectivity index (χ1v) is 7.44. The largest absolute Gasteiger partial charge is 0.485 e. The van der Waals surface area contributed by atoms with Crippen LogP contribution in [0.15, 0.2) is 35.1 Å². The normalized spacial score (nSPS) is 21.3. The van der Waals surface area contributed by atoms with Crippen LogP contribution in [0.5, 0.6) is 11.6 Å². The maximum atomic E-state index is 11.5. The number of ether oxygens (including phenoxy) is 2. The van der Waals surface area contributed by atoms with Crippen molar-refractivity contribution in [2.75, 3.05) is 0 Å². The van der Waals surface area contributed by atoms with Gasteiger partial charge in [-0.05, 0) is 32.0 Å². The molecule has 1 N–H and O–H groups in total. The molecule has 1 aliphatic rings. The number of benzene rings is 1. The van der Waals surface area contributed by atoms with E-state index in [1.165, 1.54) is 19.2 Å². The Labute approximate surface area is 138 Å². The van der Waals surface area contributed by atoms with Crippen LogP contribution in [0, 0.1) is 11.3 Å². The van der Waals surface area contributed by atoms with Crippen molar-refractivity contribution in [3.05, 3.63) is 51.8 Å². The SMILES string of the molecule is Cn1nc(OC2c3cc(C#N)ccc3OC(C)(C)[C@@H]2O)ccc1=O. The summed E-state index contributed by atoms with van der Waals surface area (Å²) in [4.78, 5) is 11.5. The molecular weight excluding hydrogens is 310 g/mol. The molecule has 0 bridgehead atoms. The zero-order valence-corrected chi connectivity index (χ0v) is 13.6. The lowest BCUT2D eigenvalue weighted by Gasteiger charge is -2.41. The second-order valence-corrected chi connectivity index (χ2v) is 6.19.